The van der Waals surface area contributed by atoms with E-state index in [2.05, 4.69) is 5.32 Å². The second-order valence-corrected chi connectivity index (χ2v) is 6.19. The zero-order valence-electron chi connectivity index (χ0n) is 14.8. The summed E-state index contributed by atoms with van der Waals surface area (Å²) in [5, 5.41) is 3.71. The molecule has 0 bridgehead atoms. The van der Waals surface area contributed by atoms with E-state index in [-0.39, 0.29) is 5.91 Å². The van der Waals surface area contributed by atoms with Crippen LogP contribution in [-0.2, 0) is 11.2 Å². The first-order chi connectivity index (χ1) is 12.5. The molecule has 5 nitrogen and oxygen atoms in total. The molecule has 26 heavy (non-hydrogen) atoms. The third kappa shape index (κ3) is 4.30. The Balaban J connectivity index is 1.60. The monoisotopic (exact) mass is 351 g/mol. The van der Waals surface area contributed by atoms with E-state index >= 15 is 0 Å². The van der Waals surface area contributed by atoms with E-state index < -0.39 is 11.7 Å². The zero-order chi connectivity index (χ0) is 18.5. The van der Waals surface area contributed by atoms with Crippen LogP contribution in [0.4, 0.5) is 0 Å². The largest absolute Gasteiger partial charge is 0.481 e. The summed E-state index contributed by atoms with van der Waals surface area (Å²) in [4.78, 5) is 23.7. The minimum Gasteiger partial charge on any atom is -0.481 e. The lowest BCUT2D eigenvalue weighted by Gasteiger charge is -2.15. The average molecular weight is 351 g/mol. The highest BCUT2D eigenvalue weighted by Gasteiger charge is 2.15. The van der Waals surface area contributed by atoms with Crippen LogP contribution in [0.15, 0.2) is 63.8 Å². The predicted octanol–water partition coefficient (Wildman–Crippen LogP) is 3.23. The van der Waals surface area contributed by atoms with Crippen LogP contribution in [0, 0.1) is 6.92 Å². The third-order valence-corrected chi connectivity index (χ3v) is 4.16. The maximum absolute atomic E-state index is 12.2. The molecule has 1 N–H and O–H groups in total. The number of rotatable bonds is 6. The molecule has 0 aliphatic heterocycles. The highest BCUT2D eigenvalue weighted by Crippen LogP contribution is 2.22. The molecule has 5 heteroatoms. The molecule has 2 aromatic carbocycles. The maximum atomic E-state index is 12.2. The normalized spacial score (nSPS) is 11.9. The summed E-state index contributed by atoms with van der Waals surface area (Å²) < 4.78 is 10.9. The summed E-state index contributed by atoms with van der Waals surface area (Å²) in [5.41, 5.74) is 2.05. The Morgan fingerprint density at radius 3 is 2.69 bits per heavy atom. The van der Waals surface area contributed by atoms with E-state index in [1.54, 1.807) is 19.1 Å². The van der Waals surface area contributed by atoms with Crippen molar-refractivity contribution >= 4 is 16.9 Å². The second kappa shape index (κ2) is 7.87. The summed E-state index contributed by atoms with van der Waals surface area (Å²) in [7, 11) is 0. The Hall–Kier alpha value is -3.08. The van der Waals surface area contributed by atoms with Gasteiger partial charge in [0.25, 0.3) is 5.91 Å². The fraction of sp³-hybridized carbons (Fsp3) is 0.238. The van der Waals surface area contributed by atoms with Gasteiger partial charge in [-0.2, -0.15) is 0 Å². The van der Waals surface area contributed by atoms with Crippen LogP contribution in [0.2, 0.25) is 0 Å². The summed E-state index contributed by atoms with van der Waals surface area (Å²) in [6.07, 6.45) is 0.111. The molecular formula is C21H21NO4. The van der Waals surface area contributed by atoms with Crippen molar-refractivity contribution in [1.82, 2.24) is 5.32 Å². The van der Waals surface area contributed by atoms with Gasteiger partial charge in [-0.15, -0.1) is 0 Å². The van der Waals surface area contributed by atoms with E-state index in [1.807, 2.05) is 43.3 Å². The van der Waals surface area contributed by atoms with Gasteiger partial charge in [-0.05, 0) is 43.5 Å². The first kappa shape index (κ1) is 17.7. The number of fused-ring (bicyclic) bond motifs is 1. The Bertz CT molecular complexity index is 963. The number of carbonyl (C=O) groups excluding carboxylic acids is 1. The summed E-state index contributed by atoms with van der Waals surface area (Å²) in [6, 6.07) is 16.6. The highest BCUT2D eigenvalue weighted by molar-refractivity contribution is 5.82. The molecule has 0 spiro atoms. The smallest absolute Gasteiger partial charge is 0.336 e. The van der Waals surface area contributed by atoms with Gasteiger partial charge in [0.2, 0.25) is 0 Å². The van der Waals surface area contributed by atoms with Crippen LogP contribution in [0.5, 0.6) is 5.75 Å². The molecule has 0 saturated carbocycles. The molecular weight excluding hydrogens is 330 g/mol. The maximum Gasteiger partial charge on any atom is 0.336 e. The molecule has 0 radical (unpaired) electrons. The lowest BCUT2D eigenvalue weighted by molar-refractivity contribution is -0.127. The lowest BCUT2D eigenvalue weighted by atomic mass is 10.1. The quantitative estimate of drug-likeness (QED) is 0.692. The fourth-order valence-corrected chi connectivity index (χ4v) is 2.75. The van der Waals surface area contributed by atoms with Crippen LogP contribution >= 0.6 is 0 Å². The van der Waals surface area contributed by atoms with Gasteiger partial charge in [-0.1, -0.05) is 30.3 Å². The molecule has 1 heterocycles. The van der Waals surface area contributed by atoms with Gasteiger partial charge in [0.1, 0.15) is 11.3 Å². The fourth-order valence-electron chi connectivity index (χ4n) is 2.75. The zero-order valence-corrected chi connectivity index (χ0v) is 14.8. The molecule has 1 atom stereocenters. The molecule has 1 unspecified atom stereocenters. The van der Waals surface area contributed by atoms with E-state index in [0.717, 1.165) is 17.4 Å². The molecule has 0 saturated heterocycles. The first-order valence-electron chi connectivity index (χ1n) is 8.56. The first-order valence-corrected chi connectivity index (χ1v) is 8.56. The van der Waals surface area contributed by atoms with Crippen LogP contribution in [0.3, 0.4) is 0 Å². The van der Waals surface area contributed by atoms with Crippen molar-refractivity contribution in [2.45, 2.75) is 26.4 Å². The lowest BCUT2D eigenvalue weighted by Crippen LogP contribution is -2.37. The number of aryl methyl sites for hydroxylation is 1. The van der Waals surface area contributed by atoms with Crippen LogP contribution in [0.1, 0.15) is 18.1 Å². The predicted molar refractivity (Wildman–Crippen MR) is 100 cm³/mol. The number of ether oxygens (including phenoxy) is 1. The number of carbonyl (C=O) groups is 1. The summed E-state index contributed by atoms with van der Waals surface area (Å²) in [6.45, 7) is 4.08. The number of benzene rings is 2. The van der Waals surface area contributed by atoms with Crippen LogP contribution in [0.25, 0.3) is 11.0 Å². The van der Waals surface area contributed by atoms with Gasteiger partial charge in [0.05, 0.1) is 0 Å². The number of hydrogen-bond acceptors (Lipinski definition) is 4. The van der Waals surface area contributed by atoms with Crippen molar-refractivity contribution in [1.29, 1.82) is 0 Å². The van der Waals surface area contributed by atoms with E-state index in [1.165, 1.54) is 11.6 Å². The SMILES string of the molecule is Cc1cc(=O)oc2cc(OC(C)C(=O)NCCc3ccccc3)ccc12. The Morgan fingerprint density at radius 2 is 1.92 bits per heavy atom. The minimum absolute atomic E-state index is 0.188. The van der Waals surface area contributed by atoms with Crippen LogP contribution < -0.4 is 15.7 Å². The molecule has 0 aliphatic rings. The Kier molecular flexibility index (Phi) is 5.37. The van der Waals surface area contributed by atoms with Gasteiger partial charge in [-0.25, -0.2) is 4.79 Å². The topological polar surface area (TPSA) is 68.5 Å². The van der Waals surface area contributed by atoms with Gasteiger partial charge in [0.15, 0.2) is 6.10 Å². The van der Waals surface area contributed by atoms with Gasteiger partial charge >= 0.3 is 5.63 Å². The molecule has 0 aliphatic carbocycles. The van der Waals surface area contributed by atoms with Crippen molar-refractivity contribution in [3.8, 4) is 5.75 Å². The molecule has 3 rings (SSSR count). The molecule has 1 aromatic heterocycles. The Labute approximate surface area is 151 Å². The molecule has 3 aromatic rings. The van der Waals surface area contributed by atoms with Crippen molar-refractivity contribution < 1.29 is 13.9 Å². The van der Waals surface area contributed by atoms with E-state index in [4.69, 9.17) is 9.15 Å². The third-order valence-electron chi connectivity index (χ3n) is 4.16. The summed E-state index contributed by atoms with van der Waals surface area (Å²) >= 11 is 0. The van der Waals surface area contributed by atoms with E-state index in [9.17, 15) is 9.59 Å². The van der Waals surface area contributed by atoms with Crippen molar-refractivity contribution in [3.63, 3.8) is 0 Å². The summed E-state index contributed by atoms with van der Waals surface area (Å²) in [5.74, 6) is 0.295. The number of amides is 1. The minimum atomic E-state index is -0.653. The highest BCUT2D eigenvalue weighted by atomic mass is 16.5. The average Bonchev–Trinajstić information content (AvgIpc) is 2.62. The molecule has 1 amide bonds. The number of nitrogens with one attached hydrogen (secondary N) is 1. The van der Waals surface area contributed by atoms with Crippen LogP contribution in [-0.4, -0.2) is 18.6 Å². The molecule has 134 valence electrons. The standard InChI is InChI=1S/C21H21NO4/c1-14-12-20(23)26-19-13-17(8-9-18(14)19)25-15(2)21(24)22-11-10-16-6-4-3-5-7-16/h3-9,12-13,15H,10-11H2,1-2H3,(H,22,24). The van der Waals surface area contributed by atoms with Gasteiger partial charge in [0, 0.05) is 24.1 Å². The van der Waals surface area contributed by atoms with Crippen molar-refractivity contribution in [2.75, 3.05) is 6.54 Å². The van der Waals surface area contributed by atoms with Gasteiger partial charge < -0.3 is 14.5 Å². The molecule has 0 fully saturated rings. The van der Waals surface area contributed by atoms with Crippen molar-refractivity contribution in [3.05, 3.63) is 76.1 Å². The van der Waals surface area contributed by atoms with E-state index in [0.29, 0.717) is 17.9 Å². The Morgan fingerprint density at radius 1 is 1.15 bits per heavy atom. The second-order valence-electron chi connectivity index (χ2n) is 6.19. The van der Waals surface area contributed by atoms with Gasteiger partial charge in [-0.3, -0.25) is 4.79 Å². The number of hydrogen-bond donors (Lipinski definition) is 1. The van der Waals surface area contributed by atoms with Crippen molar-refractivity contribution in [2.24, 2.45) is 0 Å².